The summed E-state index contributed by atoms with van der Waals surface area (Å²) in [5, 5.41) is 5.32. The van der Waals surface area contributed by atoms with E-state index >= 15 is 0 Å². The minimum Gasteiger partial charge on any atom is -0.466 e. The fourth-order valence-electron chi connectivity index (χ4n) is 3.23. The van der Waals surface area contributed by atoms with Crippen LogP contribution in [0, 0.1) is 13.8 Å². The van der Waals surface area contributed by atoms with Crippen LogP contribution in [0.25, 0.3) is 5.69 Å². The largest absolute Gasteiger partial charge is 0.466 e. The lowest BCUT2D eigenvalue weighted by Crippen LogP contribution is -2.42. The second-order valence-electron chi connectivity index (χ2n) is 6.96. The van der Waals surface area contributed by atoms with Gasteiger partial charge in [0.1, 0.15) is 11.5 Å². The first-order valence-corrected chi connectivity index (χ1v) is 9.82. The van der Waals surface area contributed by atoms with Crippen molar-refractivity contribution in [2.24, 2.45) is 0 Å². The van der Waals surface area contributed by atoms with Crippen LogP contribution in [0.5, 0.6) is 0 Å². The third kappa shape index (κ3) is 3.88. The molecule has 2 N–H and O–H groups in total. The summed E-state index contributed by atoms with van der Waals surface area (Å²) in [6, 6.07) is 6.73. The predicted molar refractivity (Wildman–Crippen MR) is 109 cm³/mol. The molecular formula is C20H18Cl2N4O3. The van der Waals surface area contributed by atoms with Crippen LogP contribution in [-0.4, -0.2) is 21.6 Å². The summed E-state index contributed by atoms with van der Waals surface area (Å²) in [6.07, 6.45) is 3.39. The molecule has 2 heterocycles. The van der Waals surface area contributed by atoms with Crippen LogP contribution in [0.3, 0.4) is 0 Å². The number of amides is 2. The molecule has 2 amide bonds. The standard InChI is InChI=1S/C20H18Cl2N4O3/c1-10-7-14(11(2)29-10)19(27)24-25-20(28)15-9-23-26(18(15)12-3-4-12)17-6-5-13(21)8-16(17)22/h5-9,12H,3-4H2,1-2H3,(H,24,27)(H,25,28). The number of benzene rings is 1. The van der Waals surface area contributed by atoms with Gasteiger partial charge in [-0.25, -0.2) is 4.68 Å². The Balaban J connectivity index is 1.57. The Hall–Kier alpha value is -2.77. The van der Waals surface area contributed by atoms with Gasteiger partial charge in [0.2, 0.25) is 0 Å². The Morgan fingerprint density at radius 2 is 1.79 bits per heavy atom. The lowest BCUT2D eigenvalue weighted by molar-refractivity contribution is 0.0845. The molecule has 1 fully saturated rings. The molecule has 0 saturated heterocycles. The van der Waals surface area contributed by atoms with E-state index in [2.05, 4.69) is 16.0 Å². The molecular weight excluding hydrogens is 415 g/mol. The average molecular weight is 433 g/mol. The van der Waals surface area contributed by atoms with Gasteiger partial charge in [0.05, 0.1) is 33.7 Å². The van der Waals surface area contributed by atoms with Gasteiger partial charge in [-0.3, -0.25) is 20.4 Å². The maximum atomic E-state index is 12.8. The second-order valence-corrected chi connectivity index (χ2v) is 7.80. The number of hydrogen-bond acceptors (Lipinski definition) is 4. The van der Waals surface area contributed by atoms with Gasteiger partial charge < -0.3 is 4.42 Å². The molecule has 0 bridgehead atoms. The fourth-order valence-corrected chi connectivity index (χ4v) is 3.72. The number of carbonyl (C=O) groups is 2. The lowest BCUT2D eigenvalue weighted by atomic mass is 10.1. The van der Waals surface area contributed by atoms with Crippen molar-refractivity contribution in [2.45, 2.75) is 32.6 Å². The molecule has 1 aliphatic rings. The van der Waals surface area contributed by atoms with E-state index in [1.54, 1.807) is 42.8 Å². The normalized spacial score (nSPS) is 13.4. The average Bonchev–Trinajstić information content (AvgIpc) is 3.32. The molecule has 7 nitrogen and oxygen atoms in total. The van der Waals surface area contributed by atoms with Gasteiger partial charge in [0.15, 0.2) is 0 Å². The Labute approximate surface area is 176 Å². The van der Waals surface area contributed by atoms with E-state index in [-0.39, 0.29) is 5.92 Å². The van der Waals surface area contributed by atoms with E-state index in [4.69, 9.17) is 27.6 Å². The highest BCUT2D eigenvalue weighted by atomic mass is 35.5. The molecule has 0 atom stereocenters. The molecule has 0 aliphatic heterocycles. The summed E-state index contributed by atoms with van der Waals surface area (Å²) >= 11 is 12.3. The van der Waals surface area contributed by atoms with Crippen molar-refractivity contribution in [1.29, 1.82) is 0 Å². The van der Waals surface area contributed by atoms with Crippen LogP contribution < -0.4 is 10.9 Å². The number of carbonyl (C=O) groups excluding carboxylic acids is 2. The molecule has 1 saturated carbocycles. The SMILES string of the molecule is Cc1cc(C(=O)NNC(=O)c2cnn(-c3ccc(Cl)cc3Cl)c2C2CC2)c(C)o1. The van der Waals surface area contributed by atoms with Crippen LogP contribution in [0.15, 0.2) is 34.9 Å². The number of nitrogens with one attached hydrogen (secondary N) is 2. The van der Waals surface area contributed by atoms with Crippen LogP contribution in [0.1, 0.15) is 56.7 Å². The van der Waals surface area contributed by atoms with Crippen LogP contribution in [0.2, 0.25) is 10.0 Å². The molecule has 150 valence electrons. The third-order valence-corrected chi connectivity index (χ3v) is 5.27. The Morgan fingerprint density at radius 3 is 2.38 bits per heavy atom. The Bertz CT molecular complexity index is 1120. The first kappa shape index (κ1) is 19.5. The topological polar surface area (TPSA) is 89.2 Å². The van der Waals surface area contributed by atoms with Gasteiger partial charge in [-0.05, 0) is 51.0 Å². The monoisotopic (exact) mass is 432 g/mol. The number of rotatable bonds is 4. The van der Waals surface area contributed by atoms with Crippen LogP contribution >= 0.6 is 23.2 Å². The first-order chi connectivity index (χ1) is 13.8. The second kappa shape index (κ2) is 7.57. The molecule has 0 spiro atoms. The molecule has 1 aromatic carbocycles. The number of aryl methyl sites for hydroxylation is 2. The van der Waals surface area contributed by atoms with Crippen LogP contribution in [0.4, 0.5) is 0 Å². The van der Waals surface area contributed by atoms with Crippen molar-refractivity contribution in [2.75, 3.05) is 0 Å². The molecule has 4 rings (SSSR count). The number of hydrazine groups is 1. The maximum absolute atomic E-state index is 12.8. The number of aromatic nitrogens is 2. The molecule has 9 heteroatoms. The van der Waals surface area contributed by atoms with E-state index in [9.17, 15) is 9.59 Å². The van der Waals surface area contributed by atoms with E-state index in [1.807, 2.05) is 0 Å². The lowest BCUT2D eigenvalue weighted by Gasteiger charge is -2.11. The fraction of sp³-hybridized carbons (Fsp3) is 0.250. The van der Waals surface area contributed by atoms with Gasteiger partial charge in [0, 0.05) is 10.9 Å². The molecule has 2 aromatic heterocycles. The Kier molecular flexibility index (Phi) is 5.10. The molecule has 29 heavy (non-hydrogen) atoms. The highest BCUT2D eigenvalue weighted by Crippen LogP contribution is 2.43. The zero-order valence-electron chi connectivity index (χ0n) is 15.8. The molecule has 1 aliphatic carbocycles. The van der Waals surface area contributed by atoms with Gasteiger partial charge in [-0.1, -0.05) is 23.2 Å². The van der Waals surface area contributed by atoms with Gasteiger partial charge >= 0.3 is 0 Å². The van der Waals surface area contributed by atoms with E-state index in [0.717, 1.165) is 18.5 Å². The highest BCUT2D eigenvalue weighted by Gasteiger charge is 2.33. The van der Waals surface area contributed by atoms with Crippen molar-refractivity contribution >= 4 is 35.0 Å². The zero-order valence-corrected chi connectivity index (χ0v) is 17.3. The summed E-state index contributed by atoms with van der Waals surface area (Å²) in [5.41, 5.74) is 7.05. The number of hydrogen-bond donors (Lipinski definition) is 2. The summed E-state index contributed by atoms with van der Waals surface area (Å²) in [6.45, 7) is 3.44. The van der Waals surface area contributed by atoms with Crippen molar-refractivity contribution < 1.29 is 14.0 Å². The van der Waals surface area contributed by atoms with Gasteiger partial charge in [-0.2, -0.15) is 5.10 Å². The van der Waals surface area contributed by atoms with Crippen molar-refractivity contribution in [3.63, 3.8) is 0 Å². The van der Waals surface area contributed by atoms with Crippen LogP contribution in [-0.2, 0) is 0 Å². The molecule has 0 radical (unpaired) electrons. The first-order valence-electron chi connectivity index (χ1n) is 9.06. The maximum Gasteiger partial charge on any atom is 0.273 e. The predicted octanol–water partition coefficient (Wildman–Crippen LogP) is 4.34. The summed E-state index contributed by atoms with van der Waals surface area (Å²) in [7, 11) is 0. The van der Waals surface area contributed by atoms with Gasteiger partial charge in [-0.15, -0.1) is 0 Å². The van der Waals surface area contributed by atoms with E-state index < -0.39 is 11.8 Å². The molecule has 0 unspecified atom stereocenters. The minimum absolute atomic E-state index is 0.208. The highest BCUT2D eigenvalue weighted by molar-refractivity contribution is 6.35. The zero-order chi connectivity index (χ0) is 20.7. The number of furan rings is 1. The van der Waals surface area contributed by atoms with E-state index in [0.29, 0.717) is 38.4 Å². The quantitative estimate of drug-likeness (QED) is 0.599. The van der Waals surface area contributed by atoms with E-state index in [1.165, 1.54) is 6.20 Å². The Morgan fingerprint density at radius 1 is 1.10 bits per heavy atom. The number of halogens is 2. The summed E-state index contributed by atoms with van der Waals surface area (Å²) < 4.78 is 7.01. The van der Waals surface area contributed by atoms with Gasteiger partial charge in [0.25, 0.3) is 11.8 Å². The summed E-state index contributed by atoms with van der Waals surface area (Å²) in [5.74, 6) is 0.414. The third-order valence-electron chi connectivity index (χ3n) is 4.73. The number of nitrogens with zero attached hydrogens (tertiary/aromatic N) is 2. The van der Waals surface area contributed by atoms with Crippen molar-refractivity contribution in [3.8, 4) is 5.69 Å². The minimum atomic E-state index is -0.450. The van der Waals surface area contributed by atoms with Crippen molar-refractivity contribution in [3.05, 3.63) is 68.8 Å². The summed E-state index contributed by atoms with van der Waals surface area (Å²) in [4.78, 5) is 25.1. The van der Waals surface area contributed by atoms with Crippen molar-refractivity contribution in [1.82, 2.24) is 20.6 Å². The molecule has 3 aromatic rings. The smallest absolute Gasteiger partial charge is 0.273 e.